The molecule has 0 unspecified atom stereocenters. The predicted molar refractivity (Wildman–Crippen MR) is 140 cm³/mol. The third kappa shape index (κ3) is 3.55. The molecule has 4 heterocycles. The first-order valence-electron chi connectivity index (χ1n) is 12.3. The highest BCUT2D eigenvalue weighted by atomic mass is 16.6. The Kier molecular flexibility index (Phi) is 5.67. The van der Waals surface area contributed by atoms with Crippen LogP contribution >= 0.6 is 0 Å². The van der Waals surface area contributed by atoms with Gasteiger partial charge in [0.2, 0.25) is 0 Å². The minimum Gasteiger partial charge on any atom is -0.496 e. The number of hydrogen-bond acceptors (Lipinski definition) is 9. The van der Waals surface area contributed by atoms with Crippen LogP contribution in [0, 0.1) is 13.8 Å². The molecule has 10 heteroatoms. The van der Waals surface area contributed by atoms with Crippen molar-refractivity contribution < 1.29 is 28.3 Å². The second-order valence-corrected chi connectivity index (χ2v) is 9.00. The molecule has 0 saturated heterocycles. The largest absolute Gasteiger partial charge is 0.496 e. The summed E-state index contributed by atoms with van der Waals surface area (Å²) >= 11 is 0. The molecule has 2 aromatic carbocycles. The highest BCUT2D eigenvalue weighted by Gasteiger charge is 2.28. The molecule has 6 rings (SSSR count). The van der Waals surface area contributed by atoms with Gasteiger partial charge in [0, 0.05) is 28.5 Å². The fourth-order valence-electron chi connectivity index (χ4n) is 5.05. The number of esters is 1. The average Bonchev–Trinajstić information content (AvgIpc) is 3.48. The molecule has 0 aliphatic carbocycles. The van der Waals surface area contributed by atoms with Crippen LogP contribution in [0.4, 0.5) is 0 Å². The van der Waals surface area contributed by atoms with Crippen molar-refractivity contribution in [3.63, 3.8) is 0 Å². The van der Waals surface area contributed by atoms with Crippen LogP contribution in [0.3, 0.4) is 0 Å². The quantitative estimate of drug-likeness (QED) is 0.316. The zero-order valence-corrected chi connectivity index (χ0v) is 21.7. The van der Waals surface area contributed by atoms with Gasteiger partial charge in [0.25, 0.3) is 0 Å². The Morgan fingerprint density at radius 1 is 1.05 bits per heavy atom. The van der Waals surface area contributed by atoms with E-state index < -0.39 is 5.97 Å². The van der Waals surface area contributed by atoms with E-state index in [0.717, 1.165) is 33.1 Å². The Morgan fingerprint density at radius 3 is 2.53 bits per heavy atom. The molecule has 1 aliphatic heterocycles. The van der Waals surface area contributed by atoms with Gasteiger partial charge in [0.15, 0.2) is 11.5 Å². The standard InChI is InChI=1S/C28H26N4O6/c1-6-21-30-24(15-7-8-16(28(33)35-5)26-25(15)36-9-10-37-26)23-17-12-20(34-4)18(11-19(17)29-27(23)31-21)22-13(2)32-38-14(22)3/h7-8,11-12H,6,9-10H2,1-5H3,(H,29,30,31). The average molecular weight is 515 g/mol. The van der Waals surface area contributed by atoms with Gasteiger partial charge in [-0.2, -0.15) is 0 Å². The fraction of sp³-hybridized carbons (Fsp3) is 0.286. The summed E-state index contributed by atoms with van der Waals surface area (Å²) in [6, 6.07) is 7.49. The summed E-state index contributed by atoms with van der Waals surface area (Å²) in [4.78, 5) is 25.6. The highest BCUT2D eigenvalue weighted by Crippen LogP contribution is 2.46. The summed E-state index contributed by atoms with van der Waals surface area (Å²) in [7, 11) is 2.97. The molecular formula is C28H26N4O6. The van der Waals surface area contributed by atoms with E-state index in [1.54, 1.807) is 13.2 Å². The monoisotopic (exact) mass is 514 g/mol. The number of aromatic nitrogens is 4. The molecule has 1 aliphatic rings. The van der Waals surface area contributed by atoms with Gasteiger partial charge in [-0.25, -0.2) is 14.8 Å². The number of aromatic amines is 1. The summed E-state index contributed by atoms with van der Waals surface area (Å²) in [5, 5.41) is 5.80. The molecule has 0 saturated carbocycles. The number of nitrogens with one attached hydrogen (secondary N) is 1. The van der Waals surface area contributed by atoms with Crippen molar-refractivity contribution in [2.45, 2.75) is 27.2 Å². The Morgan fingerprint density at radius 2 is 1.84 bits per heavy atom. The molecule has 0 fully saturated rings. The lowest BCUT2D eigenvalue weighted by molar-refractivity contribution is 0.0590. The molecule has 10 nitrogen and oxygen atoms in total. The van der Waals surface area contributed by atoms with E-state index in [0.29, 0.717) is 70.9 Å². The predicted octanol–water partition coefficient (Wildman–Crippen LogP) is 5.18. The minimum absolute atomic E-state index is 0.302. The first-order chi connectivity index (χ1) is 18.4. The maximum atomic E-state index is 12.4. The number of rotatable bonds is 5. The van der Waals surface area contributed by atoms with Crippen molar-refractivity contribution in [3.8, 4) is 39.6 Å². The number of methoxy groups -OCH3 is 2. The topological polar surface area (TPSA) is 122 Å². The molecular weight excluding hydrogens is 488 g/mol. The van der Waals surface area contributed by atoms with E-state index in [4.69, 9.17) is 33.4 Å². The highest BCUT2D eigenvalue weighted by molar-refractivity contribution is 6.14. The third-order valence-electron chi connectivity index (χ3n) is 6.79. The second kappa shape index (κ2) is 9.05. The van der Waals surface area contributed by atoms with Gasteiger partial charge < -0.3 is 28.5 Å². The Bertz CT molecular complexity index is 1720. The van der Waals surface area contributed by atoms with Crippen molar-refractivity contribution in [1.29, 1.82) is 0 Å². The Hall–Kier alpha value is -4.60. The zero-order chi connectivity index (χ0) is 26.6. The molecule has 0 amide bonds. The molecule has 3 aromatic heterocycles. The minimum atomic E-state index is -0.496. The smallest absolute Gasteiger partial charge is 0.341 e. The van der Waals surface area contributed by atoms with Crippen LogP contribution in [0.15, 0.2) is 28.8 Å². The second-order valence-electron chi connectivity index (χ2n) is 9.00. The molecule has 0 radical (unpaired) electrons. The van der Waals surface area contributed by atoms with Crippen LogP contribution in [-0.2, 0) is 11.2 Å². The summed E-state index contributed by atoms with van der Waals surface area (Å²) in [5.74, 6) is 2.35. The van der Waals surface area contributed by atoms with Gasteiger partial charge in [0.05, 0.1) is 36.6 Å². The molecule has 0 atom stereocenters. The number of carbonyl (C=O) groups is 1. The third-order valence-corrected chi connectivity index (χ3v) is 6.79. The molecule has 1 N–H and O–H groups in total. The van der Waals surface area contributed by atoms with Crippen LogP contribution in [0.5, 0.6) is 17.2 Å². The van der Waals surface area contributed by atoms with Gasteiger partial charge in [-0.05, 0) is 38.1 Å². The number of aryl methyl sites for hydroxylation is 3. The Balaban J connectivity index is 1.66. The van der Waals surface area contributed by atoms with Crippen LogP contribution in [0.25, 0.3) is 44.3 Å². The van der Waals surface area contributed by atoms with Crippen LogP contribution in [0.2, 0.25) is 0 Å². The lowest BCUT2D eigenvalue weighted by Crippen LogP contribution is -2.19. The number of hydrogen-bond donors (Lipinski definition) is 1. The number of benzene rings is 2. The number of ether oxygens (including phenoxy) is 4. The fourth-order valence-corrected chi connectivity index (χ4v) is 5.05. The van der Waals surface area contributed by atoms with Gasteiger partial charge in [-0.3, -0.25) is 0 Å². The number of carbonyl (C=O) groups excluding carboxylic acids is 1. The van der Waals surface area contributed by atoms with Gasteiger partial charge in [-0.1, -0.05) is 12.1 Å². The van der Waals surface area contributed by atoms with E-state index in [9.17, 15) is 4.79 Å². The number of nitrogens with zero attached hydrogens (tertiary/aromatic N) is 3. The lowest BCUT2D eigenvalue weighted by atomic mass is 9.98. The molecule has 194 valence electrons. The van der Waals surface area contributed by atoms with E-state index >= 15 is 0 Å². The van der Waals surface area contributed by atoms with Crippen molar-refractivity contribution in [2.24, 2.45) is 0 Å². The molecule has 0 spiro atoms. The lowest BCUT2D eigenvalue weighted by Gasteiger charge is -2.23. The van der Waals surface area contributed by atoms with Crippen LogP contribution in [-0.4, -0.2) is 53.5 Å². The molecule has 0 bridgehead atoms. The Labute approximate surface area is 217 Å². The summed E-state index contributed by atoms with van der Waals surface area (Å²) in [6.07, 6.45) is 0.631. The van der Waals surface area contributed by atoms with Gasteiger partial charge >= 0.3 is 5.97 Å². The van der Waals surface area contributed by atoms with Gasteiger partial charge in [0.1, 0.15) is 41.8 Å². The molecule has 5 aromatic rings. The normalized spacial score (nSPS) is 12.8. The summed E-state index contributed by atoms with van der Waals surface area (Å²) < 4.78 is 28.1. The van der Waals surface area contributed by atoms with Crippen molar-refractivity contribution in [3.05, 3.63) is 47.1 Å². The summed E-state index contributed by atoms with van der Waals surface area (Å²) in [6.45, 7) is 6.46. The SMILES string of the molecule is CCc1nc(-c2ccc(C(=O)OC)c3c2OCCO3)c2c(n1)[nH]c1cc(-c3c(C)noc3C)c(OC)cc12. The maximum absolute atomic E-state index is 12.4. The van der Waals surface area contributed by atoms with Crippen LogP contribution < -0.4 is 14.2 Å². The first-order valence-corrected chi connectivity index (χ1v) is 12.3. The van der Waals surface area contributed by atoms with Crippen LogP contribution in [0.1, 0.15) is 34.6 Å². The maximum Gasteiger partial charge on any atom is 0.341 e. The van der Waals surface area contributed by atoms with E-state index in [1.165, 1.54) is 7.11 Å². The van der Waals surface area contributed by atoms with Crippen molar-refractivity contribution >= 4 is 27.9 Å². The summed E-state index contributed by atoms with van der Waals surface area (Å²) in [5.41, 5.74) is 5.74. The number of fused-ring (bicyclic) bond motifs is 4. The van der Waals surface area contributed by atoms with Crippen molar-refractivity contribution in [2.75, 3.05) is 27.4 Å². The molecule has 38 heavy (non-hydrogen) atoms. The van der Waals surface area contributed by atoms with E-state index in [1.807, 2.05) is 39.0 Å². The van der Waals surface area contributed by atoms with E-state index in [2.05, 4.69) is 10.1 Å². The van der Waals surface area contributed by atoms with Gasteiger partial charge in [-0.15, -0.1) is 0 Å². The zero-order valence-electron chi connectivity index (χ0n) is 21.7. The first kappa shape index (κ1) is 23.8. The van der Waals surface area contributed by atoms with Crippen molar-refractivity contribution in [1.82, 2.24) is 20.1 Å². The van der Waals surface area contributed by atoms with E-state index in [-0.39, 0.29) is 0 Å². The number of H-pyrrole nitrogens is 1.